The number of hydrogen-bond donors (Lipinski definition) is 1. The fraction of sp³-hybridized carbons (Fsp3) is 0.111. The molecule has 0 saturated carbocycles. The summed E-state index contributed by atoms with van der Waals surface area (Å²) >= 11 is 1.31. The summed E-state index contributed by atoms with van der Waals surface area (Å²) in [7, 11) is 0. The van der Waals surface area contributed by atoms with Crippen LogP contribution in [0.5, 0.6) is 0 Å². The minimum Gasteiger partial charge on any atom is -0.477 e. The van der Waals surface area contributed by atoms with E-state index in [0.717, 1.165) is 0 Å². The van der Waals surface area contributed by atoms with Crippen LogP contribution in [0.3, 0.4) is 0 Å². The Morgan fingerprint density at radius 2 is 2.31 bits per heavy atom. The molecule has 0 aliphatic heterocycles. The molecule has 4 nitrogen and oxygen atoms in total. The van der Waals surface area contributed by atoms with Gasteiger partial charge in [0, 0.05) is 10.9 Å². The van der Waals surface area contributed by atoms with Gasteiger partial charge in [-0.2, -0.15) is 11.3 Å². The number of rotatable bonds is 3. The van der Waals surface area contributed by atoms with Gasteiger partial charge in [-0.1, -0.05) is 5.16 Å². The minimum atomic E-state index is -2.99. The molecule has 0 radical (unpaired) electrons. The van der Waals surface area contributed by atoms with Crippen molar-refractivity contribution in [3.05, 3.63) is 28.2 Å². The molecule has 84 valence electrons. The van der Waals surface area contributed by atoms with Gasteiger partial charge in [-0.05, 0) is 11.4 Å². The number of alkyl halides is 2. The first kappa shape index (κ1) is 10.7. The SMILES string of the molecule is O=C(O)c1c(-c2ccsc2)noc1C(F)F. The van der Waals surface area contributed by atoms with E-state index in [9.17, 15) is 13.6 Å². The van der Waals surface area contributed by atoms with Crippen LogP contribution in [-0.2, 0) is 0 Å². The number of thiophene rings is 1. The van der Waals surface area contributed by atoms with Crippen LogP contribution in [-0.4, -0.2) is 16.2 Å². The van der Waals surface area contributed by atoms with Gasteiger partial charge in [0.25, 0.3) is 6.43 Å². The Hall–Kier alpha value is -1.76. The Morgan fingerprint density at radius 3 is 2.81 bits per heavy atom. The summed E-state index contributed by atoms with van der Waals surface area (Å²) in [5, 5.41) is 15.5. The third kappa shape index (κ3) is 1.69. The number of carboxylic acid groups (broad SMARTS) is 1. The molecule has 0 aliphatic rings. The first-order chi connectivity index (χ1) is 7.61. The van der Waals surface area contributed by atoms with Gasteiger partial charge in [0.1, 0.15) is 11.3 Å². The van der Waals surface area contributed by atoms with Gasteiger partial charge < -0.3 is 9.63 Å². The van der Waals surface area contributed by atoms with Gasteiger partial charge >= 0.3 is 5.97 Å². The maximum Gasteiger partial charge on any atom is 0.341 e. The first-order valence-electron chi connectivity index (χ1n) is 4.15. The van der Waals surface area contributed by atoms with E-state index >= 15 is 0 Å². The second kappa shape index (κ2) is 4.01. The Labute approximate surface area is 92.1 Å². The van der Waals surface area contributed by atoms with Crippen LogP contribution in [0, 0.1) is 0 Å². The lowest BCUT2D eigenvalue weighted by atomic mass is 10.1. The van der Waals surface area contributed by atoms with Gasteiger partial charge in [-0.3, -0.25) is 0 Å². The highest BCUT2D eigenvalue weighted by Gasteiger charge is 2.29. The van der Waals surface area contributed by atoms with Crippen LogP contribution in [0.2, 0.25) is 0 Å². The molecule has 0 fully saturated rings. The molecular formula is C9H5F2NO3S. The quantitative estimate of drug-likeness (QED) is 0.902. The third-order valence-electron chi connectivity index (χ3n) is 1.93. The monoisotopic (exact) mass is 245 g/mol. The molecule has 2 aromatic rings. The standard InChI is InChI=1S/C9H5F2NO3S/c10-8(11)7-5(9(13)14)6(12-15-7)4-1-2-16-3-4/h1-3,8H,(H,13,14). The Morgan fingerprint density at radius 1 is 1.56 bits per heavy atom. The molecule has 1 N–H and O–H groups in total. The van der Waals surface area contributed by atoms with E-state index in [4.69, 9.17) is 5.11 Å². The highest BCUT2D eigenvalue weighted by atomic mass is 32.1. The van der Waals surface area contributed by atoms with Crippen molar-refractivity contribution < 1.29 is 23.2 Å². The zero-order chi connectivity index (χ0) is 11.7. The van der Waals surface area contributed by atoms with Crippen LogP contribution in [0.1, 0.15) is 22.5 Å². The maximum absolute atomic E-state index is 12.4. The van der Waals surface area contributed by atoms with Crippen LogP contribution in [0.15, 0.2) is 21.3 Å². The summed E-state index contributed by atoms with van der Waals surface area (Å²) in [6.45, 7) is 0. The Bertz CT molecular complexity index is 507. The third-order valence-corrected chi connectivity index (χ3v) is 2.61. The van der Waals surface area contributed by atoms with Crippen molar-refractivity contribution in [1.82, 2.24) is 5.16 Å². The molecule has 7 heteroatoms. The predicted octanol–water partition coefficient (Wildman–Crippen LogP) is 3.04. The summed E-state index contributed by atoms with van der Waals surface area (Å²) in [6.07, 6.45) is -2.99. The van der Waals surface area contributed by atoms with Crippen molar-refractivity contribution in [3.63, 3.8) is 0 Å². The summed E-state index contributed by atoms with van der Waals surface area (Å²) < 4.78 is 29.3. The molecule has 16 heavy (non-hydrogen) atoms. The van der Waals surface area contributed by atoms with Gasteiger partial charge in [0.05, 0.1) is 0 Å². The highest BCUT2D eigenvalue weighted by molar-refractivity contribution is 7.08. The van der Waals surface area contributed by atoms with Crippen molar-refractivity contribution in [3.8, 4) is 11.3 Å². The Kier molecular flexibility index (Phi) is 2.69. The van der Waals surface area contributed by atoms with Crippen LogP contribution in [0.4, 0.5) is 8.78 Å². The van der Waals surface area contributed by atoms with E-state index in [2.05, 4.69) is 9.68 Å². The molecule has 0 amide bonds. The van der Waals surface area contributed by atoms with E-state index in [1.165, 1.54) is 11.3 Å². The van der Waals surface area contributed by atoms with Crippen molar-refractivity contribution in [2.75, 3.05) is 0 Å². The van der Waals surface area contributed by atoms with E-state index < -0.39 is 23.7 Å². The maximum atomic E-state index is 12.4. The second-order valence-corrected chi connectivity index (χ2v) is 3.67. The molecule has 0 unspecified atom stereocenters. The summed E-state index contributed by atoms with van der Waals surface area (Å²) in [6, 6.07) is 1.59. The minimum absolute atomic E-state index is 0.0657. The van der Waals surface area contributed by atoms with Crippen molar-refractivity contribution in [1.29, 1.82) is 0 Å². The lowest BCUT2D eigenvalue weighted by molar-refractivity contribution is 0.0670. The van der Waals surface area contributed by atoms with Crippen molar-refractivity contribution in [2.45, 2.75) is 6.43 Å². The van der Waals surface area contributed by atoms with E-state index in [1.54, 1.807) is 16.8 Å². The number of aromatic carboxylic acids is 1. The molecule has 0 saturated heterocycles. The lowest BCUT2D eigenvalue weighted by Crippen LogP contribution is -2.01. The number of carboxylic acids is 1. The molecule has 0 aliphatic carbocycles. The van der Waals surface area contributed by atoms with Gasteiger partial charge in [-0.15, -0.1) is 0 Å². The molecule has 0 bridgehead atoms. The fourth-order valence-corrected chi connectivity index (χ4v) is 1.90. The normalized spacial score (nSPS) is 10.9. The summed E-state index contributed by atoms with van der Waals surface area (Å²) in [5.74, 6) is -2.38. The number of aromatic nitrogens is 1. The molecule has 0 atom stereocenters. The van der Waals surface area contributed by atoms with Crippen molar-refractivity contribution in [2.24, 2.45) is 0 Å². The van der Waals surface area contributed by atoms with Gasteiger partial charge in [0.2, 0.25) is 5.76 Å². The summed E-state index contributed by atoms with van der Waals surface area (Å²) in [4.78, 5) is 10.9. The van der Waals surface area contributed by atoms with Crippen LogP contribution >= 0.6 is 11.3 Å². The first-order valence-corrected chi connectivity index (χ1v) is 5.09. The predicted molar refractivity (Wildman–Crippen MR) is 51.7 cm³/mol. The molecule has 2 heterocycles. The Balaban J connectivity index is 2.59. The number of carbonyl (C=O) groups is 1. The fourth-order valence-electron chi connectivity index (χ4n) is 1.25. The zero-order valence-corrected chi connectivity index (χ0v) is 8.50. The smallest absolute Gasteiger partial charge is 0.341 e. The van der Waals surface area contributed by atoms with E-state index in [-0.39, 0.29) is 5.69 Å². The van der Waals surface area contributed by atoms with E-state index in [1.807, 2.05) is 0 Å². The molecular weight excluding hydrogens is 240 g/mol. The average molecular weight is 245 g/mol. The second-order valence-electron chi connectivity index (χ2n) is 2.89. The number of halogens is 2. The molecule has 0 spiro atoms. The molecule has 2 rings (SSSR count). The number of nitrogens with zero attached hydrogens (tertiary/aromatic N) is 1. The molecule has 0 aromatic carbocycles. The topological polar surface area (TPSA) is 63.3 Å². The van der Waals surface area contributed by atoms with Crippen molar-refractivity contribution >= 4 is 17.3 Å². The van der Waals surface area contributed by atoms with Gasteiger partial charge in [0.15, 0.2) is 0 Å². The van der Waals surface area contributed by atoms with Crippen LogP contribution in [0.25, 0.3) is 11.3 Å². The lowest BCUT2D eigenvalue weighted by Gasteiger charge is -1.96. The summed E-state index contributed by atoms with van der Waals surface area (Å²) in [5.41, 5.74) is -0.185. The zero-order valence-electron chi connectivity index (χ0n) is 7.68. The van der Waals surface area contributed by atoms with E-state index in [0.29, 0.717) is 5.56 Å². The van der Waals surface area contributed by atoms with Crippen LogP contribution < -0.4 is 0 Å². The number of hydrogen-bond acceptors (Lipinski definition) is 4. The highest BCUT2D eigenvalue weighted by Crippen LogP contribution is 2.32. The molecule has 2 aromatic heterocycles. The average Bonchev–Trinajstić information content (AvgIpc) is 2.85. The largest absolute Gasteiger partial charge is 0.477 e. The van der Waals surface area contributed by atoms with Gasteiger partial charge in [-0.25, -0.2) is 13.6 Å².